The Hall–Kier alpha value is -2.11. The van der Waals surface area contributed by atoms with E-state index in [0.717, 1.165) is 23.9 Å². The first-order chi connectivity index (χ1) is 20.4. The molecule has 2 aromatic carbocycles. The van der Waals surface area contributed by atoms with Gasteiger partial charge in [0.1, 0.15) is 9.79 Å². The van der Waals surface area contributed by atoms with Gasteiger partial charge >= 0.3 is 0 Å². The van der Waals surface area contributed by atoms with Crippen LogP contribution in [0.2, 0.25) is 0 Å². The van der Waals surface area contributed by atoms with E-state index in [1.54, 1.807) is 36.4 Å². The van der Waals surface area contributed by atoms with Gasteiger partial charge in [-0.2, -0.15) is 4.31 Å². The second kappa shape index (κ2) is 14.8. The molecule has 232 valence electrons. The number of H-pyrrole nitrogens is 2. The number of morpholine rings is 1. The molecule has 0 amide bonds. The molecule has 4 heterocycles. The van der Waals surface area contributed by atoms with Crippen LogP contribution >= 0.6 is 42.5 Å². The maximum absolute atomic E-state index is 12.6. The SMILES string of the molecule is C1CCOCC1.O=c1c(S(=O)(=O)Cl)c[nH]c2ccc(Br)cc12.O=c1c(S(=O)(=O)N2CCOCC2)c[nH]c2ccc(Br)cc12. The molecule has 2 aliphatic heterocycles. The van der Waals surface area contributed by atoms with E-state index in [9.17, 15) is 26.4 Å². The Morgan fingerprint density at radius 1 is 0.698 bits per heavy atom. The van der Waals surface area contributed by atoms with E-state index < -0.39 is 34.8 Å². The average molecular weight is 782 g/mol. The fourth-order valence-corrected chi connectivity index (χ4v) is 7.39. The highest BCUT2D eigenvalue weighted by molar-refractivity contribution is 9.10. The first-order valence-electron chi connectivity index (χ1n) is 13.1. The van der Waals surface area contributed by atoms with Gasteiger partial charge in [0.25, 0.3) is 9.05 Å². The van der Waals surface area contributed by atoms with Gasteiger partial charge in [-0.3, -0.25) is 9.59 Å². The van der Waals surface area contributed by atoms with E-state index in [1.807, 2.05) is 0 Å². The Morgan fingerprint density at radius 3 is 1.60 bits per heavy atom. The Morgan fingerprint density at radius 2 is 1.16 bits per heavy atom. The fourth-order valence-electron chi connectivity index (χ4n) is 4.33. The molecule has 0 bridgehead atoms. The first kappa shape index (κ1) is 33.8. The van der Waals surface area contributed by atoms with Gasteiger partial charge in [-0.15, -0.1) is 0 Å². The number of sulfonamides is 1. The predicted octanol–water partition coefficient (Wildman–Crippen LogP) is 4.72. The fraction of sp³-hybridized carbons (Fsp3) is 0.333. The number of hydrogen-bond donors (Lipinski definition) is 2. The number of nitrogens with one attached hydrogen (secondary N) is 2. The highest BCUT2D eigenvalue weighted by atomic mass is 79.9. The number of benzene rings is 2. The molecule has 0 radical (unpaired) electrons. The summed E-state index contributed by atoms with van der Waals surface area (Å²) in [6, 6.07) is 10.1. The van der Waals surface area contributed by atoms with Crippen molar-refractivity contribution in [2.24, 2.45) is 0 Å². The number of hydrogen-bond acceptors (Lipinski definition) is 8. The van der Waals surface area contributed by atoms with Crippen LogP contribution in [0.25, 0.3) is 21.8 Å². The van der Waals surface area contributed by atoms with Gasteiger partial charge in [0.05, 0.1) is 13.2 Å². The van der Waals surface area contributed by atoms with Crippen molar-refractivity contribution < 1.29 is 26.3 Å². The highest BCUT2D eigenvalue weighted by Gasteiger charge is 2.29. The largest absolute Gasteiger partial charge is 0.381 e. The van der Waals surface area contributed by atoms with Gasteiger partial charge in [-0.25, -0.2) is 16.8 Å². The molecule has 0 saturated carbocycles. The summed E-state index contributed by atoms with van der Waals surface area (Å²) < 4.78 is 60.3. The minimum absolute atomic E-state index is 0.227. The monoisotopic (exact) mass is 779 g/mol. The Labute approximate surface area is 269 Å². The smallest absolute Gasteiger partial charge is 0.266 e. The number of aromatic nitrogens is 2. The summed E-state index contributed by atoms with van der Waals surface area (Å²) in [5, 5.41) is 0.620. The molecule has 11 nitrogen and oxygen atoms in total. The van der Waals surface area contributed by atoms with E-state index in [1.165, 1.54) is 29.8 Å². The quantitative estimate of drug-likeness (QED) is 0.283. The predicted molar refractivity (Wildman–Crippen MR) is 172 cm³/mol. The van der Waals surface area contributed by atoms with E-state index in [2.05, 4.69) is 41.8 Å². The van der Waals surface area contributed by atoms with E-state index in [-0.39, 0.29) is 23.4 Å². The minimum Gasteiger partial charge on any atom is -0.381 e. The van der Waals surface area contributed by atoms with Crippen molar-refractivity contribution in [3.05, 3.63) is 78.2 Å². The highest BCUT2D eigenvalue weighted by Crippen LogP contribution is 2.20. The first-order valence-corrected chi connectivity index (χ1v) is 18.5. The standard InChI is InChI=1S/C13H13BrN2O4S.C9H5BrClNO3S.C5H10O/c14-9-1-2-11-10(7-9)13(17)12(8-15-11)21(18,19)16-3-5-20-6-4-16;10-5-1-2-7-6(3-5)9(13)8(4-12-7)16(11,14)15;1-2-4-6-5-3-1/h1-2,7-8H,3-6H2,(H,15,17);1-4H,(H,12,13);1-5H2. The van der Waals surface area contributed by atoms with Gasteiger partial charge in [0, 0.05) is 80.1 Å². The van der Waals surface area contributed by atoms with Crippen LogP contribution < -0.4 is 10.9 Å². The second-order valence-electron chi connectivity index (χ2n) is 9.47. The van der Waals surface area contributed by atoms with Crippen LogP contribution in [0.5, 0.6) is 0 Å². The van der Waals surface area contributed by atoms with Gasteiger partial charge in [0.2, 0.25) is 20.9 Å². The third kappa shape index (κ3) is 8.54. The zero-order chi connectivity index (χ0) is 31.2. The van der Waals surface area contributed by atoms with Crippen LogP contribution in [-0.4, -0.2) is 70.6 Å². The van der Waals surface area contributed by atoms with Crippen LogP contribution in [0.3, 0.4) is 0 Å². The lowest BCUT2D eigenvalue weighted by Gasteiger charge is -2.25. The lowest BCUT2D eigenvalue weighted by atomic mass is 10.2. The summed E-state index contributed by atoms with van der Waals surface area (Å²) in [7, 11) is -2.68. The lowest BCUT2D eigenvalue weighted by molar-refractivity contribution is 0.0730. The molecular formula is C27H28Br2ClN3O8S2. The molecule has 4 aromatic rings. The van der Waals surface area contributed by atoms with Gasteiger partial charge in [-0.1, -0.05) is 31.9 Å². The molecule has 2 N–H and O–H groups in total. The number of aromatic amines is 2. The van der Waals surface area contributed by atoms with Crippen LogP contribution in [0.1, 0.15) is 19.3 Å². The molecule has 2 saturated heterocycles. The molecule has 0 aliphatic carbocycles. The number of pyridine rings is 2. The maximum atomic E-state index is 12.6. The molecule has 0 atom stereocenters. The normalized spacial score (nSPS) is 16.2. The summed E-state index contributed by atoms with van der Waals surface area (Å²) in [6.07, 6.45) is 6.30. The number of nitrogens with zero attached hydrogens (tertiary/aromatic N) is 1. The third-order valence-corrected chi connectivity index (χ3v) is 10.8. The number of ether oxygens (including phenoxy) is 2. The molecule has 0 unspecified atom stereocenters. The topological polar surface area (TPSA) is 156 Å². The average Bonchev–Trinajstić information content (AvgIpc) is 2.99. The summed E-state index contributed by atoms with van der Waals surface area (Å²) >= 11 is 6.50. The van der Waals surface area contributed by atoms with Gasteiger partial charge in [0.15, 0.2) is 0 Å². The van der Waals surface area contributed by atoms with Crippen molar-refractivity contribution >= 4 is 83.4 Å². The lowest BCUT2D eigenvalue weighted by Crippen LogP contribution is -2.42. The van der Waals surface area contributed by atoms with Gasteiger partial charge < -0.3 is 19.4 Å². The number of rotatable bonds is 3. The van der Waals surface area contributed by atoms with E-state index in [4.69, 9.17) is 20.2 Å². The van der Waals surface area contributed by atoms with Crippen molar-refractivity contribution in [3.8, 4) is 0 Å². The number of halogens is 3. The van der Waals surface area contributed by atoms with Crippen molar-refractivity contribution in [1.29, 1.82) is 0 Å². The molecule has 16 heteroatoms. The summed E-state index contributed by atoms with van der Waals surface area (Å²) in [6.45, 7) is 3.21. The minimum atomic E-state index is -4.02. The molecular weight excluding hydrogens is 754 g/mol. The van der Waals surface area contributed by atoms with Gasteiger partial charge in [-0.05, 0) is 55.7 Å². The van der Waals surface area contributed by atoms with E-state index in [0.29, 0.717) is 34.1 Å². The van der Waals surface area contributed by atoms with Crippen molar-refractivity contribution in [1.82, 2.24) is 14.3 Å². The molecule has 2 aromatic heterocycles. The second-order valence-corrected chi connectivity index (χ2v) is 15.7. The summed E-state index contributed by atoms with van der Waals surface area (Å²) in [4.78, 5) is 29.2. The maximum Gasteiger partial charge on any atom is 0.266 e. The Kier molecular flexibility index (Phi) is 11.6. The van der Waals surface area contributed by atoms with Crippen LogP contribution in [0.15, 0.2) is 77.1 Å². The van der Waals surface area contributed by atoms with Crippen LogP contribution in [0, 0.1) is 0 Å². The van der Waals surface area contributed by atoms with Crippen LogP contribution in [0.4, 0.5) is 0 Å². The summed E-state index contributed by atoms with van der Waals surface area (Å²) in [5.74, 6) is 0. The third-order valence-electron chi connectivity index (χ3n) is 6.55. The Bertz CT molecular complexity index is 1930. The molecule has 2 aliphatic rings. The van der Waals surface area contributed by atoms with Crippen molar-refractivity contribution in [2.45, 2.75) is 29.1 Å². The molecule has 43 heavy (non-hydrogen) atoms. The number of fused-ring (bicyclic) bond motifs is 2. The molecule has 2 fully saturated rings. The zero-order valence-electron chi connectivity index (χ0n) is 22.6. The van der Waals surface area contributed by atoms with E-state index >= 15 is 0 Å². The summed E-state index contributed by atoms with van der Waals surface area (Å²) in [5.41, 5.74) is 0.0583. The Balaban J connectivity index is 0.000000169. The zero-order valence-corrected chi connectivity index (χ0v) is 28.2. The molecule has 6 rings (SSSR count). The van der Waals surface area contributed by atoms with Crippen LogP contribution in [-0.2, 0) is 28.5 Å². The van der Waals surface area contributed by atoms with Crippen molar-refractivity contribution in [3.63, 3.8) is 0 Å². The molecule has 0 spiro atoms. The van der Waals surface area contributed by atoms with Crippen molar-refractivity contribution in [2.75, 3.05) is 39.5 Å².